The van der Waals surface area contributed by atoms with E-state index in [2.05, 4.69) is 37.8 Å². The molecule has 18 rings (SSSR count). The summed E-state index contributed by atoms with van der Waals surface area (Å²) in [6.45, 7) is 5.31. The SMILES string of the molecule is [2H]c1c([2H])c([2H])c(-c2ccc3c(c2)B2c4ccc(-n5c6c([2H])c([2H])c([2H])c([2H])c6c6c([2H])c([2H])c([2H])c([2H])c65)cc4N(c4c(-c5ccccc5)cc(C(C)(C)C)cc4-c4ccccc4)c4cc(-n5c6c([2H])c([2H])c([2H])c([2H])c6c6c([2H])c([2H])c([2H])c([2H])c65)cc(c42)C32c3ccccc3Oc3ccccc32)c([2H])c1[2H]. The fraction of sp³-hybridized carbons (Fsp3) is 0.0602. The number of aromatic nitrogens is 2. The van der Waals surface area contributed by atoms with Gasteiger partial charge in [0.2, 0.25) is 6.71 Å². The molecular formula is C83H58BN3O. The normalized spacial score (nSPS) is 16.9. The van der Waals surface area contributed by atoms with Crippen LogP contribution in [-0.4, -0.2) is 15.8 Å². The quantitative estimate of drug-likeness (QED) is 0.155. The summed E-state index contributed by atoms with van der Waals surface area (Å²) in [5.74, 6) is 0.852. The number of fused-ring (bicyclic) bond motifs is 16. The highest BCUT2D eigenvalue weighted by Crippen LogP contribution is 2.59. The summed E-state index contributed by atoms with van der Waals surface area (Å²) in [6, 6.07) is 41.3. The molecule has 0 saturated heterocycles. The summed E-state index contributed by atoms with van der Waals surface area (Å²) in [6.07, 6.45) is 0. The molecule has 0 amide bonds. The molecular weight excluding hydrogens is 1070 g/mol. The lowest BCUT2D eigenvalue weighted by molar-refractivity contribution is 0.435. The van der Waals surface area contributed by atoms with Gasteiger partial charge < -0.3 is 18.8 Å². The second kappa shape index (κ2) is 19.1. The van der Waals surface area contributed by atoms with E-state index in [1.54, 1.807) is 12.1 Å². The van der Waals surface area contributed by atoms with Gasteiger partial charge in [-0.2, -0.15) is 0 Å². The number of rotatable bonds is 6. The number of anilines is 3. The van der Waals surface area contributed by atoms with Gasteiger partial charge in [0.05, 0.1) is 62.0 Å². The van der Waals surface area contributed by atoms with Crippen molar-refractivity contribution < 1.29 is 33.5 Å². The van der Waals surface area contributed by atoms with Gasteiger partial charge in [0, 0.05) is 66.5 Å². The molecule has 0 saturated carbocycles. The molecule has 414 valence electrons. The van der Waals surface area contributed by atoms with Crippen molar-refractivity contribution in [2.24, 2.45) is 0 Å². The van der Waals surface area contributed by atoms with Gasteiger partial charge in [0.15, 0.2) is 0 Å². The Balaban J connectivity index is 1.13. The van der Waals surface area contributed by atoms with Crippen LogP contribution in [0.5, 0.6) is 11.5 Å². The number of hydrogen-bond donors (Lipinski definition) is 0. The van der Waals surface area contributed by atoms with Crippen LogP contribution in [0.1, 0.15) is 77.4 Å². The van der Waals surface area contributed by atoms with Gasteiger partial charge >= 0.3 is 0 Å². The zero-order valence-electron chi connectivity index (χ0n) is 68.5. The topological polar surface area (TPSA) is 22.3 Å². The molecule has 3 aliphatic rings. The van der Waals surface area contributed by atoms with Gasteiger partial charge in [-0.1, -0.05) is 250 Å². The lowest BCUT2D eigenvalue weighted by atomic mass is 9.29. The summed E-state index contributed by atoms with van der Waals surface area (Å²) in [5.41, 5.74) is 6.76. The minimum Gasteiger partial charge on any atom is -0.457 e. The minimum absolute atomic E-state index is 0.0927. The van der Waals surface area contributed by atoms with Crippen LogP contribution in [0.25, 0.3) is 88.4 Å². The molecule has 0 radical (unpaired) electrons. The van der Waals surface area contributed by atoms with Crippen molar-refractivity contribution in [3.8, 4) is 56.3 Å². The van der Waals surface area contributed by atoms with E-state index in [9.17, 15) is 21.9 Å². The van der Waals surface area contributed by atoms with E-state index in [1.165, 1.54) is 9.13 Å². The van der Waals surface area contributed by atoms with Crippen molar-refractivity contribution in [1.29, 1.82) is 0 Å². The predicted octanol–water partition coefficient (Wildman–Crippen LogP) is 19.3. The van der Waals surface area contributed by atoms with Crippen LogP contribution in [0.4, 0.5) is 17.1 Å². The molecule has 0 N–H and O–H groups in total. The monoisotopic (exact) mass is 1140 g/mol. The van der Waals surface area contributed by atoms with E-state index < -0.39 is 144 Å². The Morgan fingerprint density at radius 2 is 0.875 bits per heavy atom. The summed E-state index contributed by atoms with van der Waals surface area (Å²) in [5, 5.41) is -0.681. The molecule has 15 aromatic rings. The summed E-state index contributed by atoms with van der Waals surface area (Å²) in [4.78, 5) is 2.08. The molecule has 3 aliphatic heterocycles. The van der Waals surface area contributed by atoms with Gasteiger partial charge in [0.25, 0.3) is 0 Å². The Morgan fingerprint density at radius 1 is 0.386 bits per heavy atom. The largest absolute Gasteiger partial charge is 0.457 e. The highest BCUT2D eigenvalue weighted by molar-refractivity contribution is 6.99. The zero-order chi connectivity index (χ0) is 76.7. The van der Waals surface area contributed by atoms with Gasteiger partial charge in [-0.25, -0.2) is 0 Å². The Hall–Kier alpha value is -10.9. The molecule has 1 spiro atoms. The first-order valence-electron chi connectivity index (χ1n) is 39.5. The van der Waals surface area contributed by atoms with Crippen LogP contribution >= 0.6 is 0 Å². The van der Waals surface area contributed by atoms with Crippen LogP contribution in [-0.2, 0) is 10.8 Å². The summed E-state index contributed by atoms with van der Waals surface area (Å²) < 4.78 is 208. The highest BCUT2D eigenvalue weighted by atomic mass is 16.5. The molecule has 0 atom stereocenters. The Morgan fingerprint density at radius 3 is 1.42 bits per heavy atom. The first-order chi connectivity index (χ1) is 52.0. The minimum atomic E-state index is -1.58. The third kappa shape index (κ3) is 7.22. The van der Waals surface area contributed by atoms with Crippen LogP contribution in [0.15, 0.2) is 297 Å². The Bertz CT molecular complexity index is 6380. The van der Waals surface area contributed by atoms with Crippen molar-refractivity contribution in [3.05, 3.63) is 325 Å². The second-order valence-corrected chi connectivity index (χ2v) is 23.6. The maximum absolute atomic E-state index is 10.1. The molecule has 13 aromatic carbocycles. The van der Waals surface area contributed by atoms with Crippen LogP contribution in [0.2, 0.25) is 0 Å². The average Bonchev–Trinajstić information content (AvgIpc) is 1.26. The van der Waals surface area contributed by atoms with Crippen molar-refractivity contribution in [3.63, 3.8) is 0 Å². The van der Waals surface area contributed by atoms with E-state index in [0.29, 0.717) is 78.3 Å². The van der Waals surface area contributed by atoms with E-state index in [0.717, 1.165) is 16.7 Å². The van der Waals surface area contributed by atoms with Crippen molar-refractivity contribution in [2.45, 2.75) is 31.6 Å². The standard InChI is InChI=1S/C83H58BN3O/c1-82(2,3)57-48-64(54-27-9-5-10-28-54)81(65(49-57)55-29-11-6-12-30-55)87-76-51-58(85-72-37-19-13-31-60(72)61-32-14-20-38-73(61)85)44-46-70(76)84-71-47-56(53-25-7-4-8-26-53)43-45-66(71)83(67-35-17-23-41-78(67)88-79-42-24-18-36-68(79)83)69-50-59(52-77(87)80(69)84)86-74-39-21-15-33-62(74)63-34-16-22-40-75(63)86/h4-52H,1-3H3/i4D,7D,8D,13D,14D,15D,16D,19D,20D,21D,22D,25D,26D,31D,32D,33D,34D,37D,38D,39D,40D. The maximum Gasteiger partial charge on any atom is 0.247 e. The van der Waals surface area contributed by atoms with Gasteiger partial charge in [-0.15, -0.1) is 0 Å². The number of benzene rings is 13. The molecule has 5 heteroatoms. The van der Waals surface area contributed by atoms with Crippen molar-refractivity contribution in [1.82, 2.24) is 9.13 Å². The van der Waals surface area contributed by atoms with Crippen LogP contribution in [0.3, 0.4) is 0 Å². The lowest BCUT2D eigenvalue weighted by Gasteiger charge is -2.50. The first-order valence-corrected chi connectivity index (χ1v) is 29.0. The Labute approximate surface area is 542 Å². The summed E-state index contributed by atoms with van der Waals surface area (Å²) >= 11 is 0. The summed E-state index contributed by atoms with van der Waals surface area (Å²) in [7, 11) is 0. The molecule has 0 aliphatic carbocycles. The molecule has 4 nitrogen and oxygen atoms in total. The smallest absolute Gasteiger partial charge is 0.247 e. The van der Waals surface area contributed by atoms with Gasteiger partial charge in [-0.05, 0) is 128 Å². The van der Waals surface area contributed by atoms with Crippen LogP contribution in [0, 0.1) is 0 Å². The molecule has 0 bridgehead atoms. The second-order valence-electron chi connectivity index (χ2n) is 23.6. The fourth-order valence-corrected chi connectivity index (χ4v) is 14.3. The van der Waals surface area contributed by atoms with E-state index in [-0.39, 0.29) is 66.1 Å². The molecule has 88 heavy (non-hydrogen) atoms. The zero-order valence-corrected chi connectivity index (χ0v) is 47.5. The molecule has 0 unspecified atom stereocenters. The third-order valence-corrected chi connectivity index (χ3v) is 18.0. The Kier molecular flexibility index (Phi) is 7.30. The number of para-hydroxylation sites is 6. The fourth-order valence-electron chi connectivity index (χ4n) is 14.3. The van der Waals surface area contributed by atoms with Crippen LogP contribution < -0.4 is 26.0 Å². The number of ether oxygens (including phenoxy) is 1. The average molecular weight is 1150 g/mol. The highest BCUT2D eigenvalue weighted by Gasteiger charge is 2.55. The molecule has 0 fully saturated rings. The number of nitrogens with zero attached hydrogens (tertiary/aromatic N) is 3. The molecule has 5 heterocycles. The lowest BCUT2D eigenvalue weighted by Crippen LogP contribution is -2.65. The predicted molar refractivity (Wildman–Crippen MR) is 368 cm³/mol. The van der Waals surface area contributed by atoms with Crippen molar-refractivity contribution >= 4 is 83.8 Å². The van der Waals surface area contributed by atoms with Gasteiger partial charge in [0.1, 0.15) is 11.5 Å². The van der Waals surface area contributed by atoms with Crippen molar-refractivity contribution in [2.75, 3.05) is 4.90 Å². The number of hydrogen-bond acceptors (Lipinski definition) is 2. The molecule has 2 aromatic heterocycles. The maximum atomic E-state index is 10.1. The third-order valence-electron chi connectivity index (χ3n) is 18.0. The van der Waals surface area contributed by atoms with Gasteiger partial charge in [-0.3, -0.25) is 0 Å². The van der Waals surface area contributed by atoms with E-state index in [4.69, 9.17) is 11.6 Å². The first kappa shape index (κ1) is 33.7. The van der Waals surface area contributed by atoms with E-state index in [1.807, 2.05) is 146 Å². The van der Waals surface area contributed by atoms with E-state index >= 15 is 0 Å².